The number of hydrogen-bond acceptors (Lipinski definition) is 5. The van der Waals surface area contributed by atoms with Crippen LogP contribution in [0, 0.1) is 0 Å². The molecule has 0 spiro atoms. The van der Waals surface area contributed by atoms with Gasteiger partial charge in [0.15, 0.2) is 0 Å². The molecular formula is C13H14N2O3. The van der Waals surface area contributed by atoms with Crippen LogP contribution in [0.5, 0.6) is 17.8 Å². The van der Waals surface area contributed by atoms with E-state index in [0.29, 0.717) is 17.3 Å². The number of rotatable bonds is 4. The molecule has 0 saturated carbocycles. The van der Waals surface area contributed by atoms with Crippen molar-refractivity contribution in [2.75, 3.05) is 21.3 Å². The molecule has 5 nitrogen and oxygen atoms in total. The minimum atomic E-state index is 0.211. The van der Waals surface area contributed by atoms with E-state index in [1.54, 1.807) is 14.2 Å². The second-order valence-electron chi connectivity index (χ2n) is 3.47. The molecule has 0 amide bonds. The largest absolute Gasteiger partial charge is 0.480 e. The number of aromatic nitrogens is 2. The highest BCUT2D eigenvalue weighted by molar-refractivity contribution is 5.73. The molecule has 0 unspecified atom stereocenters. The zero-order valence-corrected chi connectivity index (χ0v) is 10.5. The molecule has 18 heavy (non-hydrogen) atoms. The van der Waals surface area contributed by atoms with Gasteiger partial charge in [-0.3, -0.25) is 0 Å². The van der Waals surface area contributed by atoms with E-state index in [1.165, 1.54) is 7.11 Å². The van der Waals surface area contributed by atoms with Crippen molar-refractivity contribution in [3.05, 3.63) is 30.3 Å². The standard InChI is InChI=1S/C13H14N2O3/c1-16-11-10(9-7-5-4-6-8-9)12(17-2)15-13(14-11)18-3/h4-8H,1-3H3. The number of ether oxygens (including phenoxy) is 3. The summed E-state index contributed by atoms with van der Waals surface area (Å²) < 4.78 is 15.6. The van der Waals surface area contributed by atoms with Gasteiger partial charge in [0.05, 0.1) is 21.3 Å². The summed E-state index contributed by atoms with van der Waals surface area (Å²) in [5, 5.41) is 0. The minimum Gasteiger partial charge on any atom is -0.480 e. The van der Waals surface area contributed by atoms with Gasteiger partial charge in [0.1, 0.15) is 5.56 Å². The summed E-state index contributed by atoms with van der Waals surface area (Å²) in [4.78, 5) is 8.32. The van der Waals surface area contributed by atoms with Crippen LogP contribution < -0.4 is 14.2 Å². The normalized spacial score (nSPS) is 9.94. The highest BCUT2D eigenvalue weighted by atomic mass is 16.5. The lowest BCUT2D eigenvalue weighted by atomic mass is 10.1. The maximum atomic E-state index is 5.27. The van der Waals surface area contributed by atoms with Crippen LogP contribution in [0.15, 0.2) is 30.3 Å². The average molecular weight is 246 g/mol. The van der Waals surface area contributed by atoms with Crippen molar-refractivity contribution in [1.29, 1.82) is 0 Å². The van der Waals surface area contributed by atoms with Crippen LogP contribution in [0.25, 0.3) is 11.1 Å². The first-order valence-electron chi connectivity index (χ1n) is 5.39. The molecule has 0 aliphatic carbocycles. The van der Waals surface area contributed by atoms with Crippen LogP contribution >= 0.6 is 0 Å². The molecule has 0 saturated heterocycles. The summed E-state index contributed by atoms with van der Waals surface area (Å²) in [5.74, 6) is 0.842. The summed E-state index contributed by atoms with van der Waals surface area (Å²) in [5.41, 5.74) is 1.63. The van der Waals surface area contributed by atoms with Crippen molar-refractivity contribution in [3.8, 4) is 28.9 Å². The Morgan fingerprint density at radius 2 is 1.33 bits per heavy atom. The van der Waals surface area contributed by atoms with Gasteiger partial charge >= 0.3 is 6.01 Å². The van der Waals surface area contributed by atoms with Gasteiger partial charge in [0.25, 0.3) is 0 Å². The van der Waals surface area contributed by atoms with Crippen LogP contribution in [0.1, 0.15) is 0 Å². The molecule has 0 bridgehead atoms. The summed E-state index contributed by atoms with van der Waals surface area (Å²) in [6.07, 6.45) is 0. The first kappa shape index (κ1) is 12.2. The lowest BCUT2D eigenvalue weighted by Gasteiger charge is -2.12. The van der Waals surface area contributed by atoms with E-state index in [0.717, 1.165) is 5.56 Å². The van der Waals surface area contributed by atoms with Crippen LogP contribution in [0.3, 0.4) is 0 Å². The third-order valence-electron chi connectivity index (χ3n) is 2.45. The highest BCUT2D eigenvalue weighted by Crippen LogP contribution is 2.36. The zero-order valence-electron chi connectivity index (χ0n) is 10.5. The maximum Gasteiger partial charge on any atom is 0.322 e. The highest BCUT2D eigenvalue weighted by Gasteiger charge is 2.17. The Morgan fingerprint density at radius 1 is 0.778 bits per heavy atom. The van der Waals surface area contributed by atoms with Crippen LogP contribution in [-0.4, -0.2) is 31.3 Å². The summed E-state index contributed by atoms with van der Waals surface area (Å²) in [6, 6.07) is 9.89. The van der Waals surface area contributed by atoms with Gasteiger partial charge in [-0.05, 0) is 5.56 Å². The van der Waals surface area contributed by atoms with Crippen LogP contribution in [-0.2, 0) is 0 Å². The van der Waals surface area contributed by atoms with Gasteiger partial charge in [-0.2, -0.15) is 9.97 Å². The van der Waals surface area contributed by atoms with Gasteiger partial charge in [0.2, 0.25) is 11.8 Å². The first-order chi connectivity index (χ1) is 8.80. The second kappa shape index (κ2) is 5.35. The fourth-order valence-corrected chi connectivity index (χ4v) is 1.64. The Labute approximate surface area is 105 Å². The molecule has 1 heterocycles. The number of benzene rings is 1. The van der Waals surface area contributed by atoms with E-state index in [2.05, 4.69) is 9.97 Å². The maximum absolute atomic E-state index is 5.27. The Balaban J connectivity index is 2.64. The molecule has 0 radical (unpaired) electrons. The molecule has 1 aromatic carbocycles. The van der Waals surface area contributed by atoms with Gasteiger partial charge in [-0.1, -0.05) is 30.3 Å². The molecule has 5 heteroatoms. The number of methoxy groups -OCH3 is 3. The average Bonchev–Trinajstić information content (AvgIpc) is 2.46. The molecular weight excluding hydrogens is 232 g/mol. The second-order valence-corrected chi connectivity index (χ2v) is 3.47. The molecule has 0 atom stereocenters. The monoisotopic (exact) mass is 246 g/mol. The summed E-state index contributed by atoms with van der Waals surface area (Å²) >= 11 is 0. The lowest BCUT2D eigenvalue weighted by Crippen LogP contribution is -2.01. The van der Waals surface area contributed by atoms with Crippen molar-refractivity contribution < 1.29 is 14.2 Å². The SMILES string of the molecule is COc1nc(OC)c(-c2ccccc2)c(OC)n1. The van der Waals surface area contributed by atoms with E-state index >= 15 is 0 Å². The predicted octanol–water partition coefficient (Wildman–Crippen LogP) is 2.17. The Hall–Kier alpha value is -2.30. The lowest BCUT2D eigenvalue weighted by molar-refractivity contribution is 0.331. The van der Waals surface area contributed by atoms with E-state index in [-0.39, 0.29) is 6.01 Å². The van der Waals surface area contributed by atoms with Crippen molar-refractivity contribution in [3.63, 3.8) is 0 Å². The smallest absolute Gasteiger partial charge is 0.322 e. The third-order valence-corrected chi connectivity index (χ3v) is 2.45. The van der Waals surface area contributed by atoms with Crippen molar-refractivity contribution in [2.24, 2.45) is 0 Å². The van der Waals surface area contributed by atoms with E-state index in [1.807, 2.05) is 30.3 Å². The van der Waals surface area contributed by atoms with E-state index in [9.17, 15) is 0 Å². The van der Waals surface area contributed by atoms with Gasteiger partial charge < -0.3 is 14.2 Å². The molecule has 0 aliphatic rings. The number of hydrogen-bond donors (Lipinski definition) is 0. The zero-order chi connectivity index (χ0) is 13.0. The van der Waals surface area contributed by atoms with Crippen molar-refractivity contribution in [2.45, 2.75) is 0 Å². The fourth-order valence-electron chi connectivity index (χ4n) is 1.64. The van der Waals surface area contributed by atoms with Crippen LogP contribution in [0.2, 0.25) is 0 Å². The Bertz CT molecular complexity index is 504. The Kier molecular flexibility index (Phi) is 3.62. The molecule has 0 aliphatic heterocycles. The molecule has 94 valence electrons. The predicted molar refractivity (Wildman–Crippen MR) is 67.1 cm³/mol. The quantitative estimate of drug-likeness (QED) is 0.827. The van der Waals surface area contributed by atoms with E-state index < -0.39 is 0 Å². The van der Waals surface area contributed by atoms with Gasteiger partial charge in [0, 0.05) is 0 Å². The molecule has 1 aromatic heterocycles. The summed E-state index contributed by atoms with van der Waals surface area (Å²) in [6.45, 7) is 0. The topological polar surface area (TPSA) is 53.5 Å². The number of nitrogens with zero attached hydrogens (tertiary/aromatic N) is 2. The Morgan fingerprint density at radius 3 is 1.78 bits per heavy atom. The molecule has 2 aromatic rings. The fraction of sp³-hybridized carbons (Fsp3) is 0.231. The van der Waals surface area contributed by atoms with Gasteiger partial charge in [-0.15, -0.1) is 0 Å². The molecule has 0 fully saturated rings. The molecule has 0 N–H and O–H groups in total. The van der Waals surface area contributed by atoms with E-state index in [4.69, 9.17) is 14.2 Å². The molecule has 2 rings (SSSR count). The van der Waals surface area contributed by atoms with Crippen LogP contribution in [0.4, 0.5) is 0 Å². The minimum absolute atomic E-state index is 0.211. The van der Waals surface area contributed by atoms with Gasteiger partial charge in [-0.25, -0.2) is 0 Å². The van der Waals surface area contributed by atoms with Crippen molar-refractivity contribution >= 4 is 0 Å². The third kappa shape index (κ3) is 2.20. The van der Waals surface area contributed by atoms with Crippen molar-refractivity contribution in [1.82, 2.24) is 9.97 Å². The first-order valence-corrected chi connectivity index (χ1v) is 5.39. The summed E-state index contributed by atoms with van der Waals surface area (Å²) in [7, 11) is 4.59.